The van der Waals surface area contributed by atoms with Crippen molar-refractivity contribution in [2.45, 2.75) is 58.2 Å². The van der Waals surface area contributed by atoms with Crippen LogP contribution in [0.1, 0.15) is 59.6 Å². The number of hydrogen-bond donors (Lipinski definition) is 3. The number of alkyl halides is 5. The molecule has 0 bridgehead atoms. The number of ether oxygens (including phenoxy) is 2. The highest BCUT2D eigenvalue weighted by atomic mass is 19.4. The van der Waals surface area contributed by atoms with Crippen LogP contribution in [0.3, 0.4) is 0 Å². The first-order valence-corrected chi connectivity index (χ1v) is 15.6. The first-order chi connectivity index (χ1) is 25.1. The molecule has 2 aromatic heterocycles. The highest BCUT2D eigenvalue weighted by Crippen LogP contribution is 2.45. The number of carboxylic acid groups (broad SMARTS) is 1. The second kappa shape index (κ2) is 15.8. The van der Waals surface area contributed by atoms with Gasteiger partial charge < -0.3 is 19.1 Å². The lowest BCUT2D eigenvalue weighted by Crippen LogP contribution is -2.35. The number of aryl methyl sites for hydroxylation is 1. The van der Waals surface area contributed by atoms with E-state index in [0.717, 1.165) is 9.36 Å². The number of hydrogen-bond acceptors (Lipinski definition) is 12. The Morgan fingerprint density at radius 3 is 2.17 bits per heavy atom. The van der Waals surface area contributed by atoms with E-state index in [0.29, 0.717) is 34.2 Å². The first-order valence-electron chi connectivity index (χ1n) is 15.6. The number of tetrazole rings is 1. The largest absolute Gasteiger partial charge is 0.515 e. The van der Waals surface area contributed by atoms with Crippen LogP contribution in [0.4, 0.5) is 26.7 Å². The maximum absolute atomic E-state index is 14.4. The molecule has 0 saturated heterocycles. The van der Waals surface area contributed by atoms with Crippen molar-refractivity contribution in [1.29, 1.82) is 0 Å². The molecule has 5 rings (SSSR count). The number of nitrogens with zero attached hydrogens (tertiary/aromatic N) is 7. The number of rotatable bonds is 14. The number of carbonyl (C=O) groups is 2. The van der Waals surface area contributed by atoms with Gasteiger partial charge >= 0.3 is 24.2 Å². The second-order valence-electron chi connectivity index (χ2n) is 11.4. The summed E-state index contributed by atoms with van der Waals surface area (Å²) in [6.07, 6.45) is -7.92. The van der Waals surface area contributed by atoms with Crippen LogP contribution in [-0.4, -0.2) is 69.0 Å². The van der Waals surface area contributed by atoms with E-state index in [2.05, 4.69) is 25.2 Å². The van der Waals surface area contributed by atoms with Crippen molar-refractivity contribution in [2.75, 3.05) is 0 Å². The van der Waals surface area contributed by atoms with Crippen molar-refractivity contribution in [1.82, 2.24) is 35.1 Å². The molecule has 2 heterocycles. The smallest absolute Gasteiger partial charge is 0.477 e. The minimum Gasteiger partial charge on any atom is -0.477 e. The van der Waals surface area contributed by atoms with Crippen LogP contribution in [0.2, 0.25) is 0 Å². The fourth-order valence-electron chi connectivity index (χ4n) is 5.14. The van der Waals surface area contributed by atoms with Crippen LogP contribution < -0.4 is 4.74 Å². The normalized spacial score (nSPS) is 12.6. The standard InChI is InChI=1S/C33H30F5N7O8/c1-3-6-26-39-28(32(34,35)33(36,37)38)27(30(46)47)43(26)17-20-9-13-22(14-10-20)24-7-4-5-8-25(24)29-40-42-44(41-29)19(2)52-31(48)53-23-15-11-21(12-16-23)18-51-45(49)50/h4-5,7-16,19,49-50H,3,6,17-18H2,1-2H3,(H,46,47). The highest BCUT2D eigenvalue weighted by molar-refractivity contribution is 5.87. The molecule has 5 aromatic rings. The maximum atomic E-state index is 14.4. The summed E-state index contributed by atoms with van der Waals surface area (Å²) in [5.41, 5.74) is -0.395. The SMILES string of the molecule is CCCc1nc(C(F)(F)C(F)(F)F)c(C(=O)O)n1Cc1ccc(-c2ccccc2-c2nnn(C(C)OC(=O)Oc3ccc(CON(O)O)cc3)n2)cc1. The van der Waals surface area contributed by atoms with Gasteiger partial charge in [0.2, 0.25) is 12.1 Å². The summed E-state index contributed by atoms with van der Waals surface area (Å²) in [7, 11) is 0. The highest BCUT2D eigenvalue weighted by Gasteiger charge is 2.62. The number of benzene rings is 3. The summed E-state index contributed by atoms with van der Waals surface area (Å²) in [5.74, 6) is -7.40. The average Bonchev–Trinajstić information content (AvgIpc) is 3.74. The van der Waals surface area contributed by atoms with Crippen molar-refractivity contribution in [3.05, 3.63) is 101 Å². The van der Waals surface area contributed by atoms with Crippen LogP contribution in [0.5, 0.6) is 5.75 Å². The summed E-state index contributed by atoms with van der Waals surface area (Å²) < 4.78 is 79.8. The van der Waals surface area contributed by atoms with E-state index in [1.165, 1.54) is 31.2 Å². The lowest BCUT2D eigenvalue weighted by molar-refractivity contribution is -0.497. The summed E-state index contributed by atoms with van der Waals surface area (Å²) in [5, 5.41) is 38.9. The number of halogens is 5. The van der Waals surface area contributed by atoms with Gasteiger partial charge in [0.05, 0.1) is 12.0 Å². The Hall–Kier alpha value is -5.83. The lowest BCUT2D eigenvalue weighted by Gasteiger charge is -2.18. The van der Waals surface area contributed by atoms with Gasteiger partial charge in [0.1, 0.15) is 11.6 Å². The molecule has 0 radical (unpaired) electrons. The molecular formula is C33H30F5N7O8. The Kier molecular flexibility index (Phi) is 11.5. The van der Waals surface area contributed by atoms with E-state index in [9.17, 15) is 36.6 Å². The number of carbonyl (C=O) groups excluding carboxylic acids is 1. The van der Waals surface area contributed by atoms with Crippen LogP contribution >= 0.6 is 0 Å². The van der Waals surface area contributed by atoms with E-state index in [4.69, 9.17) is 19.9 Å². The summed E-state index contributed by atoms with van der Waals surface area (Å²) >= 11 is 0. The average molecular weight is 748 g/mol. The summed E-state index contributed by atoms with van der Waals surface area (Å²) in [4.78, 5) is 33.4. The van der Waals surface area contributed by atoms with Crippen molar-refractivity contribution in [2.24, 2.45) is 0 Å². The van der Waals surface area contributed by atoms with E-state index in [1.54, 1.807) is 55.5 Å². The van der Waals surface area contributed by atoms with Crippen molar-refractivity contribution in [3.8, 4) is 28.3 Å². The fraction of sp³-hybridized carbons (Fsp3) is 0.273. The molecule has 0 fully saturated rings. The number of aromatic nitrogens is 6. The Morgan fingerprint density at radius 1 is 0.925 bits per heavy atom. The Bertz CT molecular complexity index is 2050. The third-order valence-corrected chi connectivity index (χ3v) is 7.64. The molecule has 0 saturated carbocycles. The monoisotopic (exact) mass is 747 g/mol. The van der Waals surface area contributed by atoms with Crippen molar-refractivity contribution < 1.29 is 61.4 Å². The molecule has 1 atom stereocenters. The molecule has 0 aliphatic rings. The van der Waals surface area contributed by atoms with Crippen LogP contribution in [-0.2, 0) is 35.1 Å². The Labute approximate surface area is 296 Å². The third kappa shape index (κ3) is 8.80. The van der Waals surface area contributed by atoms with Crippen LogP contribution in [0.25, 0.3) is 22.5 Å². The maximum Gasteiger partial charge on any atom is 0.515 e. The molecule has 0 aliphatic heterocycles. The van der Waals surface area contributed by atoms with E-state index in [1.807, 2.05) is 0 Å². The second-order valence-corrected chi connectivity index (χ2v) is 11.4. The summed E-state index contributed by atoms with van der Waals surface area (Å²) in [6.45, 7) is 2.62. The number of carboxylic acids is 1. The molecule has 280 valence electrons. The van der Waals surface area contributed by atoms with Crippen LogP contribution in [0.15, 0.2) is 72.8 Å². The number of aromatic carboxylic acids is 1. The zero-order chi connectivity index (χ0) is 38.5. The van der Waals surface area contributed by atoms with Gasteiger partial charge in [0.25, 0.3) is 0 Å². The van der Waals surface area contributed by atoms with E-state index in [-0.39, 0.29) is 37.0 Å². The first kappa shape index (κ1) is 38.4. The van der Waals surface area contributed by atoms with Gasteiger partial charge in [-0.2, -0.15) is 22.0 Å². The molecule has 0 amide bonds. The van der Waals surface area contributed by atoms with Gasteiger partial charge in [-0.1, -0.05) is 67.6 Å². The molecule has 0 aliphatic carbocycles. The molecule has 53 heavy (non-hydrogen) atoms. The van der Waals surface area contributed by atoms with E-state index < -0.39 is 47.2 Å². The molecular weight excluding hydrogens is 717 g/mol. The van der Waals surface area contributed by atoms with Crippen LogP contribution in [0, 0.1) is 0 Å². The third-order valence-electron chi connectivity index (χ3n) is 7.64. The Morgan fingerprint density at radius 2 is 1.57 bits per heavy atom. The van der Waals surface area contributed by atoms with Crippen molar-refractivity contribution in [3.63, 3.8) is 0 Å². The molecule has 20 heteroatoms. The van der Waals surface area contributed by atoms with Gasteiger partial charge in [-0.15, -0.1) is 15.0 Å². The molecule has 15 nitrogen and oxygen atoms in total. The van der Waals surface area contributed by atoms with E-state index >= 15 is 0 Å². The molecule has 3 N–H and O–H groups in total. The zero-order valence-corrected chi connectivity index (χ0v) is 27.7. The van der Waals surface area contributed by atoms with Gasteiger partial charge in [-0.05, 0) is 52.9 Å². The predicted molar refractivity (Wildman–Crippen MR) is 169 cm³/mol. The minimum atomic E-state index is -6.05. The van der Waals surface area contributed by atoms with Gasteiger partial charge in [0.15, 0.2) is 11.4 Å². The Balaban J connectivity index is 1.31. The quantitative estimate of drug-likeness (QED) is 0.0466. The molecule has 0 spiro atoms. The van der Waals surface area contributed by atoms with Gasteiger partial charge in [-0.3, -0.25) is 10.4 Å². The predicted octanol–water partition coefficient (Wildman–Crippen LogP) is 6.80. The lowest BCUT2D eigenvalue weighted by atomic mass is 9.98. The van der Waals surface area contributed by atoms with Gasteiger partial charge in [0, 0.05) is 18.5 Å². The zero-order valence-electron chi connectivity index (χ0n) is 27.7. The minimum absolute atomic E-state index is 0.0409. The molecule has 1 unspecified atom stereocenters. The molecule has 3 aromatic carbocycles. The number of imidazole rings is 1. The fourth-order valence-corrected chi connectivity index (χ4v) is 5.14. The topological polar surface area (TPSA) is 187 Å². The van der Waals surface area contributed by atoms with Crippen molar-refractivity contribution >= 4 is 12.1 Å². The van der Waals surface area contributed by atoms with Gasteiger partial charge in [-0.25, -0.2) is 19.4 Å². The summed E-state index contributed by atoms with van der Waals surface area (Å²) in [6, 6.07) is 19.3.